The Balaban J connectivity index is 1.82. The third-order valence-electron chi connectivity index (χ3n) is 4.18. The molecular weight excluding hydrogens is 313 g/mol. The van der Waals surface area contributed by atoms with E-state index in [0.29, 0.717) is 30.2 Å². The van der Waals surface area contributed by atoms with E-state index in [1.54, 1.807) is 12.1 Å². The Morgan fingerprint density at radius 1 is 1.39 bits per heavy atom. The molecule has 0 radical (unpaired) electrons. The fourth-order valence-corrected chi connectivity index (χ4v) is 2.89. The molecule has 1 unspecified atom stereocenters. The van der Waals surface area contributed by atoms with Crippen molar-refractivity contribution in [3.05, 3.63) is 29.6 Å². The maximum Gasteiger partial charge on any atom is 0.135 e. The molecule has 1 aromatic carbocycles. The predicted molar refractivity (Wildman–Crippen MR) is 93.6 cm³/mol. The molecule has 1 aromatic rings. The van der Waals surface area contributed by atoms with Crippen LogP contribution < -0.4 is 10.1 Å². The van der Waals surface area contributed by atoms with Crippen LogP contribution in [0.1, 0.15) is 45.6 Å². The number of thiol groups is 1. The number of carbonyl (C=O) groups excluding carboxylic acids is 1. The summed E-state index contributed by atoms with van der Waals surface area (Å²) >= 11 is 4.30. The topological polar surface area (TPSA) is 38.3 Å². The van der Waals surface area contributed by atoms with Gasteiger partial charge >= 0.3 is 0 Å². The number of halogens is 1. The van der Waals surface area contributed by atoms with Crippen molar-refractivity contribution in [2.75, 3.05) is 0 Å². The molecule has 1 aliphatic carbocycles. The summed E-state index contributed by atoms with van der Waals surface area (Å²) < 4.78 is 19.9. The lowest BCUT2D eigenvalue weighted by Crippen LogP contribution is -2.48. The van der Waals surface area contributed by atoms with Crippen molar-refractivity contribution in [1.82, 2.24) is 5.32 Å². The number of nitrogens with one attached hydrogen (secondary N) is 1. The Morgan fingerprint density at radius 3 is 2.65 bits per heavy atom. The number of aryl methyl sites for hydroxylation is 1. The molecular formula is C18H26FNO2S. The van der Waals surface area contributed by atoms with Gasteiger partial charge in [-0.15, -0.1) is 0 Å². The fraction of sp³-hybridized carbons (Fsp3) is 0.611. The highest BCUT2D eigenvalue weighted by molar-refractivity contribution is 7.80. The number of rotatable bonds is 8. The predicted octanol–water partition coefficient (Wildman–Crippen LogP) is 3.76. The van der Waals surface area contributed by atoms with Gasteiger partial charge in [-0.1, -0.05) is 19.9 Å². The van der Waals surface area contributed by atoms with E-state index in [1.807, 2.05) is 20.8 Å². The molecule has 1 atom stereocenters. The Kier molecular flexibility index (Phi) is 6.48. The summed E-state index contributed by atoms with van der Waals surface area (Å²) in [5, 5.41) is 3.50. The number of hydrogen-bond acceptors (Lipinski definition) is 4. The fourth-order valence-electron chi connectivity index (χ4n) is 2.68. The van der Waals surface area contributed by atoms with Crippen molar-refractivity contribution < 1.29 is 13.9 Å². The number of ketones is 1. The third-order valence-corrected chi connectivity index (χ3v) is 4.33. The average Bonchev–Trinajstić information content (AvgIpc) is 2.43. The van der Waals surface area contributed by atoms with Gasteiger partial charge in [0, 0.05) is 29.8 Å². The van der Waals surface area contributed by atoms with Crippen molar-refractivity contribution in [3.8, 4) is 5.75 Å². The highest BCUT2D eigenvalue weighted by Gasteiger charge is 2.31. The highest BCUT2D eigenvalue weighted by Crippen LogP contribution is 2.28. The van der Waals surface area contributed by atoms with Gasteiger partial charge in [-0.2, -0.15) is 12.6 Å². The first-order valence-corrected chi connectivity index (χ1v) is 8.78. The van der Waals surface area contributed by atoms with E-state index >= 15 is 0 Å². The summed E-state index contributed by atoms with van der Waals surface area (Å²) in [6, 6.07) is 5.37. The number of Topliss-reactive ketones (excluding diaryl/α,β-unsaturated/α-hetero) is 1. The van der Waals surface area contributed by atoms with Crippen LogP contribution in [-0.4, -0.2) is 23.3 Å². The maximum absolute atomic E-state index is 14.1. The molecule has 0 amide bonds. The van der Waals surface area contributed by atoms with Crippen molar-refractivity contribution >= 4 is 18.4 Å². The zero-order valence-corrected chi connectivity index (χ0v) is 14.9. The summed E-state index contributed by atoms with van der Waals surface area (Å²) in [6.07, 6.45) is 2.78. The number of carbonyl (C=O) groups is 1. The Labute approximate surface area is 143 Å². The Bertz CT molecular complexity index is 542. The van der Waals surface area contributed by atoms with E-state index in [1.165, 1.54) is 6.07 Å². The molecule has 0 saturated heterocycles. The lowest BCUT2D eigenvalue weighted by atomic mass is 9.89. The van der Waals surface area contributed by atoms with Gasteiger partial charge in [0.05, 0.1) is 0 Å². The SMILES string of the molecule is CC(S)N[C@H]1C[C@H](Oc2ccc(CCC(=O)C(C)C)c(F)c2)C1. The quantitative estimate of drug-likeness (QED) is 0.559. The van der Waals surface area contributed by atoms with Crippen LogP contribution in [0.2, 0.25) is 0 Å². The van der Waals surface area contributed by atoms with Crippen molar-refractivity contribution in [1.29, 1.82) is 0 Å². The summed E-state index contributed by atoms with van der Waals surface area (Å²) in [7, 11) is 0. The van der Waals surface area contributed by atoms with Gasteiger partial charge in [-0.3, -0.25) is 4.79 Å². The van der Waals surface area contributed by atoms with Gasteiger partial charge in [0.1, 0.15) is 23.5 Å². The van der Waals surface area contributed by atoms with Gasteiger partial charge in [0.25, 0.3) is 0 Å². The summed E-state index contributed by atoms with van der Waals surface area (Å²) in [6.45, 7) is 5.73. The lowest BCUT2D eigenvalue weighted by Gasteiger charge is -2.37. The summed E-state index contributed by atoms with van der Waals surface area (Å²) in [4.78, 5) is 11.6. The molecule has 1 N–H and O–H groups in total. The van der Waals surface area contributed by atoms with Gasteiger partial charge in [0.15, 0.2) is 0 Å². The van der Waals surface area contributed by atoms with E-state index in [4.69, 9.17) is 4.74 Å². The van der Waals surface area contributed by atoms with Crippen LogP contribution in [0.25, 0.3) is 0 Å². The van der Waals surface area contributed by atoms with Crippen molar-refractivity contribution in [3.63, 3.8) is 0 Å². The van der Waals surface area contributed by atoms with Gasteiger partial charge in [0.2, 0.25) is 0 Å². The van der Waals surface area contributed by atoms with E-state index in [0.717, 1.165) is 12.8 Å². The molecule has 2 rings (SSSR count). The second kappa shape index (κ2) is 8.15. The van der Waals surface area contributed by atoms with Crippen molar-refractivity contribution in [2.45, 2.75) is 64.0 Å². The van der Waals surface area contributed by atoms with Crippen LogP contribution in [-0.2, 0) is 11.2 Å². The molecule has 1 fully saturated rings. The first kappa shape index (κ1) is 18.3. The van der Waals surface area contributed by atoms with Gasteiger partial charge in [-0.25, -0.2) is 4.39 Å². The highest BCUT2D eigenvalue weighted by atomic mass is 32.1. The summed E-state index contributed by atoms with van der Waals surface area (Å²) in [5.74, 6) is 0.429. The van der Waals surface area contributed by atoms with Crippen LogP contribution in [0.5, 0.6) is 5.75 Å². The largest absolute Gasteiger partial charge is 0.490 e. The van der Waals surface area contributed by atoms with Gasteiger partial charge < -0.3 is 10.1 Å². The van der Waals surface area contributed by atoms with Crippen LogP contribution in [0.15, 0.2) is 18.2 Å². The molecule has 0 aromatic heterocycles. The first-order chi connectivity index (χ1) is 10.8. The van der Waals surface area contributed by atoms with Crippen LogP contribution in [0.4, 0.5) is 4.39 Å². The maximum atomic E-state index is 14.1. The van der Waals surface area contributed by atoms with E-state index < -0.39 is 0 Å². The minimum absolute atomic E-state index is 0.000752. The molecule has 5 heteroatoms. The molecule has 1 aliphatic rings. The average molecular weight is 339 g/mol. The molecule has 0 bridgehead atoms. The lowest BCUT2D eigenvalue weighted by molar-refractivity contribution is -0.121. The zero-order chi connectivity index (χ0) is 17.0. The number of hydrogen-bond donors (Lipinski definition) is 2. The molecule has 23 heavy (non-hydrogen) atoms. The van der Waals surface area contributed by atoms with Gasteiger partial charge in [-0.05, 0) is 37.8 Å². The standard InChI is InChI=1S/C18H26FNO2S/c1-11(2)18(21)7-5-13-4-6-15(10-17(13)19)22-16-8-14(9-16)20-12(3)23/h4,6,10-12,14,16,20,23H,5,7-9H2,1-3H3/t12?,14-,16-. The minimum Gasteiger partial charge on any atom is -0.490 e. The molecule has 0 spiro atoms. The number of benzene rings is 1. The second-order valence-electron chi connectivity index (χ2n) is 6.63. The van der Waals surface area contributed by atoms with Crippen LogP contribution >= 0.6 is 12.6 Å². The molecule has 0 aliphatic heterocycles. The number of ether oxygens (including phenoxy) is 1. The van der Waals surface area contributed by atoms with E-state index in [-0.39, 0.29) is 29.0 Å². The summed E-state index contributed by atoms with van der Waals surface area (Å²) in [5.41, 5.74) is 0.573. The smallest absolute Gasteiger partial charge is 0.135 e. The first-order valence-electron chi connectivity index (χ1n) is 8.27. The van der Waals surface area contributed by atoms with E-state index in [2.05, 4.69) is 17.9 Å². The molecule has 128 valence electrons. The minimum atomic E-state index is -0.294. The van der Waals surface area contributed by atoms with Crippen molar-refractivity contribution in [2.24, 2.45) is 5.92 Å². The molecule has 1 saturated carbocycles. The normalized spacial score (nSPS) is 21.8. The molecule has 3 nitrogen and oxygen atoms in total. The second-order valence-corrected chi connectivity index (χ2v) is 7.40. The monoisotopic (exact) mass is 339 g/mol. The van der Waals surface area contributed by atoms with Crippen LogP contribution in [0, 0.1) is 11.7 Å². The molecule has 0 heterocycles. The third kappa shape index (κ3) is 5.50. The zero-order valence-electron chi connectivity index (χ0n) is 14.0. The van der Waals surface area contributed by atoms with E-state index in [9.17, 15) is 9.18 Å². The van der Waals surface area contributed by atoms with Crippen LogP contribution in [0.3, 0.4) is 0 Å². The Morgan fingerprint density at radius 2 is 2.09 bits per heavy atom. The Hall–Kier alpha value is -1.07.